The summed E-state index contributed by atoms with van der Waals surface area (Å²) in [5, 5.41) is 12.1. The summed E-state index contributed by atoms with van der Waals surface area (Å²) >= 11 is 0. The van der Waals surface area contributed by atoms with Gasteiger partial charge in [0.15, 0.2) is 23.0 Å². The molecule has 6 aromatic rings. The molecule has 0 spiro atoms. The number of aliphatic hydroxyl groups is 1. The Morgan fingerprint density at radius 1 is 0.517 bits per heavy atom. The van der Waals surface area contributed by atoms with Crippen LogP contribution in [0.2, 0.25) is 0 Å². The van der Waals surface area contributed by atoms with Gasteiger partial charge in [-0.3, -0.25) is 0 Å². The third-order valence-corrected chi connectivity index (χ3v) is 9.56. The standard InChI is InChI=1S/C44H26F4O10/c45-28-9-1-23(2-10-28)40(49)55-34-18-17-32-37-33-20-36(57-42(51)25-5-13-30(47)14-6-25)35(56-41(50)24-3-11-29(46)12-4-24)19-27(33)21-44(37,53)22-54-38(32)39(34)58-43(52)26-7-15-31(48)16-8-26/h1-20,37,53H,21-22H2/t37-,44+/m0/s1. The van der Waals surface area contributed by atoms with Crippen molar-refractivity contribution in [2.75, 3.05) is 6.61 Å². The van der Waals surface area contributed by atoms with Crippen molar-refractivity contribution in [3.8, 4) is 28.7 Å². The van der Waals surface area contributed by atoms with Crippen molar-refractivity contribution < 1.29 is 65.5 Å². The van der Waals surface area contributed by atoms with Crippen molar-refractivity contribution in [1.29, 1.82) is 0 Å². The number of rotatable bonds is 8. The van der Waals surface area contributed by atoms with Gasteiger partial charge < -0.3 is 28.8 Å². The predicted octanol–water partition coefficient (Wildman–Crippen LogP) is 7.93. The Balaban J connectivity index is 1.21. The largest absolute Gasteiger partial charge is 0.486 e. The zero-order valence-electron chi connectivity index (χ0n) is 29.7. The summed E-state index contributed by atoms with van der Waals surface area (Å²) in [6.45, 7) is -0.411. The molecule has 10 nitrogen and oxygen atoms in total. The average molecular weight is 791 g/mol. The van der Waals surface area contributed by atoms with Crippen LogP contribution < -0.4 is 23.7 Å². The van der Waals surface area contributed by atoms with Gasteiger partial charge in [0.1, 0.15) is 35.5 Å². The van der Waals surface area contributed by atoms with Crippen molar-refractivity contribution in [3.63, 3.8) is 0 Å². The van der Waals surface area contributed by atoms with Gasteiger partial charge in [0.05, 0.1) is 22.3 Å². The lowest BCUT2D eigenvalue weighted by molar-refractivity contribution is -0.0228. The van der Waals surface area contributed by atoms with E-state index in [1.54, 1.807) is 0 Å². The second kappa shape index (κ2) is 15.0. The van der Waals surface area contributed by atoms with E-state index in [1.807, 2.05) is 0 Å². The second-order valence-corrected chi connectivity index (χ2v) is 13.4. The molecule has 6 aromatic carbocycles. The second-order valence-electron chi connectivity index (χ2n) is 13.4. The number of esters is 4. The molecule has 0 aromatic heterocycles. The topological polar surface area (TPSA) is 135 Å². The van der Waals surface area contributed by atoms with Crippen molar-refractivity contribution in [2.45, 2.75) is 17.9 Å². The Morgan fingerprint density at radius 2 is 0.914 bits per heavy atom. The maximum Gasteiger partial charge on any atom is 0.343 e. The van der Waals surface area contributed by atoms with Crippen LogP contribution in [0.25, 0.3) is 0 Å². The molecule has 1 aliphatic carbocycles. The number of carbonyl (C=O) groups excluding carboxylic acids is 4. The first kappa shape index (κ1) is 37.6. The summed E-state index contributed by atoms with van der Waals surface area (Å²) < 4.78 is 83.4. The monoisotopic (exact) mass is 790 g/mol. The first-order chi connectivity index (χ1) is 27.8. The Morgan fingerprint density at radius 3 is 1.36 bits per heavy atom. The molecule has 1 aliphatic heterocycles. The van der Waals surface area contributed by atoms with Gasteiger partial charge in [0.2, 0.25) is 5.75 Å². The first-order valence-electron chi connectivity index (χ1n) is 17.4. The minimum Gasteiger partial charge on any atom is -0.486 e. The van der Waals surface area contributed by atoms with Crippen molar-refractivity contribution >= 4 is 23.9 Å². The van der Waals surface area contributed by atoms with E-state index in [-0.39, 0.29) is 63.0 Å². The Kier molecular flexibility index (Phi) is 9.70. The molecule has 290 valence electrons. The quantitative estimate of drug-likeness (QED) is 0.0921. The molecule has 0 fully saturated rings. The van der Waals surface area contributed by atoms with Crippen LogP contribution in [0.5, 0.6) is 28.7 Å². The Labute approximate surface area is 325 Å². The zero-order chi connectivity index (χ0) is 40.7. The number of hydrogen-bond donors (Lipinski definition) is 1. The predicted molar refractivity (Wildman–Crippen MR) is 194 cm³/mol. The summed E-state index contributed by atoms with van der Waals surface area (Å²) in [7, 11) is 0. The molecular formula is C44H26F4O10. The van der Waals surface area contributed by atoms with Crippen molar-refractivity contribution in [3.05, 3.63) is 184 Å². The molecule has 2 atom stereocenters. The highest BCUT2D eigenvalue weighted by molar-refractivity contribution is 5.95. The molecule has 8 rings (SSSR count). The molecule has 0 saturated heterocycles. The van der Waals surface area contributed by atoms with Gasteiger partial charge in [-0.25, -0.2) is 36.7 Å². The number of benzene rings is 6. The van der Waals surface area contributed by atoms with Crippen LogP contribution in [0.4, 0.5) is 17.6 Å². The third kappa shape index (κ3) is 7.35. The highest BCUT2D eigenvalue weighted by Crippen LogP contribution is 2.56. The number of hydrogen-bond acceptors (Lipinski definition) is 10. The lowest BCUT2D eigenvalue weighted by Crippen LogP contribution is -2.44. The summed E-state index contributed by atoms with van der Waals surface area (Å²) in [5.41, 5.74) is -0.795. The van der Waals surface area contributed by atoms with Crippen LogP contribution in [-0.4, -0.2) is 41.2 Å². The van der Waals surface area contributed by atoms with Crippen LogP contribution in [0.3, 0.4) is 0 Å². The lowest BCUT2D eigenvalue weighted by Gasteiger charge is -2.37. The maximum atomic E-state index is 13.7. The molecule has 14 heteroatoms. The van der Waals surface area contributed by atoms with Crippen molar-refractivity contribution in [1.82, 2.24) is 0 Å². The van der Waals surface area contributed by atoms with E-state index in [0.717, 1.165) is 48.5 Å². The van der Waals surface area contributed by atoms with Crippen LogP contribution >= 0.6 is 0 Å². The van der Waals surface area contributed by atoms with Gasteiger partial charge in [-0.15, -0.1) is 0 Å². The third-order valence-electron chi connectivity index (χ3n) is 9.56. The summed E-state index contributed by atoms with van der Waals surface area (Å²) in [5.74, 6) is -8.43. The average Bonchev–Trinajstić information content (AvgIpc) is 3.50. The fourth-order valence-corrected chi connectivity index (χ4v) is 6.79. The lowest BCUT2D eigenvalue weighted by atomic mass is 9.80. The minimum atomic E-state index is -1.68. The SMILES string of the molecule is O=C(Oc1cc2c(cc1OC(=O)c1ccc(F)cc1)[C@@H]1c3ccc(OC(=O)c4ccc(F)cc4)c(OC(=O)c4ccc(F)cc4)c3OC[C@]1(O)C2)c1ccc(F)cc1. The van der Waals surface area contributed by atoms with E-state index >= 15 is 0 Å². The van der Waals surface area contributed by atoms with Gasteiger partial charge in [-0.1, -0.05) is 6.07 Å². The van der Waals surface area contributed by atoms with Crippen LogP contribution in [0.1, 0.15) is 64.0 Å². The number of fused-ring (bicyclic) bond motifs is 5. The smallest absolute Gasteiger partial charge is 0.343 e. The molecule has 58 heavy (non-hydrogen) atoms. The maximum absolute atomic E-state index is 13.7. The van der Waals surface area contributed by atoms with Crippen LogP contribution in [-0.2, 0) is 6.42 Å². The van der Waals surface area contributed by atoms with Gasteiger partial charge in [-0.2, -0.15) is 0 Å². The molecule has 1 heterocycles. The normalized spacial score (nSPS) is 16.2. The van der Waals surface area contributed by atoms with E-state index in [2.05, 4.69) is 0 Å². The number of carbonyl (C=O) groups is 4. The van der Waals surface area contributed by atoms with Crippen LogP contribution in [0, 0.1) is 23.3 Å². The fraction of sp³-hybridized carbons (Fsp3) is 0.0909. The minimum absolute atomic E-state index is 0.0222. The van der Waals surface area contributed by atoms with E-state index in [0.29, 0.717) is 11.1 Å². The van der Waals surface area contributed by atoms with Crippen LogP contribution in [0.15, 0.2) is 121 Å². The highest BCUT2D eigenvalue weighted by atomic mass is 19.1. The van der Waals surface area contributed by atoms with E-state index in [4.69, 9.17) is 23.7 Å². The van der Waals surface area contributed by atoms with Gasteiger partial charge in [0, 0.05) is 17.9 Å². The first-order valence-corrected chi connectivity index (χ1v) is 17.4. The van der Waals surface area contributed by atoms with Gasteiger partial charge in [-0.05, 0) is 126 Å². The summed E-state index contributed by atoms with van der Waals surface area (Å²) in [6, 6.07) is 23.5. The van der Waals surface area contributed by atoms with E-state index in [1.165, 1.54) is 72.8 Å². The van der Waals surface area contributed by atoms with Crippen molar-refractivity contribution in [2.24, 2.45) is 0 Å². The molecule has 0 amide bonds. The molecule has 0 saturated carbocycles. The fourth-order valence-electron chi connectivity index (χ4n) is 6.79. The van der Waals surface area contributed by atoms with E-state index in [9.17, 15) is 41.8 Å². The molecule has 2 aliphatic rings. The number of ether oxygens (including phenoxy) is 5. The molecule has 0 unspecified atom stereocenters. The Hall–Kier alpha value is -7.32. The van der Waals surface area contributed by atoms with Gasteiger partial charge in [0.25, 0.3) is 0 Å². The Bertz CT molecular complexity index is 2610. The molecule has 0 bridgehead atoms. The highest BCUT2D eigenvalue weighted by Gasteiger charge is 2.52. The molecule has 1 N–H and O–H groups in total. The van der Waals surface area contributed by atoms with E-state index < -0.39 is 65.3 Å². The van der Waals surface area contributed by atoms with Gasteiger partial charge >= 0.3 is 23.9 Å². The summed E-state index contributed by atoms with van der Waals surface area (Å²) in [6.07, 6.45) is -0.0776. The summed E-state index contributed by atoms with van der Waals surface area (Å²) in [4.78, 5) is 53.1. The number of halogens is 4. The molecular weight excluding hydrogens is 764 g/mol. The zero-order valence-corrected chi connectivity index (χ0v) is 29.7. The molecule has 0 radical (unpaired) electrons.